The van der Waals surface area contributed by atoms with Crippen molar-refractivity contribution in [3.63, 3.8) is 0 Å². The molecule has 1 aromatic carbocycles. The average molecular weight is 310 g/mol. The van der Waals surface area contributed by atoms with Crippen LogP contribution < -0.4 is 0 Å². The summed E-state index contributed by atoms with van der Waals surface area (Å²) >= 11 is 24.2. The van der Waals surface area contributed by atoms with Crippen LogP contribution in [0.15, 0.2) is 6.07 Å². The van der Waals surface area contributed by atoms with Crippen molar-refractivity contribution >= 4 is 46.4 Å². The van der Waals surface area contributed by atoms with Crippen molar-refractivity contribution in [1.29, 1.82) is 0 Å². The molecule has 0 amide bonds. The minimum atomic E-state index is 0.166. The number of halogens is 4. The van der Waals surface area contributed by atoms with Crippen LogP contribution in [0.5, 0.6) is 0 Å². The molecule has 0 saturated heterocycles. The van der Waals surface area contributed by atoms with Gasteiger partial charge < -0.3 is 0 Å². The minimum Gasteiger partial charge on any atom is -0.103 e. The molecule has 0 heterocycles. The fraction of sp³-hybridized carbons (Fsp3) is 0.385. The third-order valence-corrected chi connectivity index (χ3v) is 3.89. The standard InChI is InChI=1S/C13H12Cl4/c1-3-4-5-8(2)6-9-12(16)10(14)7-11(15)13(9)17/h7-8H,3,6H2,1-2H3. The van der Waals surface area contributed by atoms with Crippen LogP contribution in [0.3, 0.4) is 0 Å². The van der Waals surface area contributed by atoms with Crippen LogP contribution in [0.2, 0.25) is 20.1 Å². The van der Waals surface area contributed by atoms with Gasteiger partial charge in [0.1, 0.15) is 0 Å². The molecule has 0 saturated carbocycles. The Hall–Kier alpha value is -0.0600. The highest BCUT2D eigenvalue weighted by Crippen LogP contribution is 2.38. The van der Waals surface area contributed by atoms with Crippen molar-refractivity contribution in [1.82, 2.24) is 0 Å². The third kappa shape index (κ3) is 3.97. The SMILES string of the molecule is CCC#CC(C)Cc1c(Cl)c(Cl)cc(Cl)c1Cl. The van der Waals surface area contributed by atoms with E-state index in [1.807, 2.05) is 13.8 Å². The summed E-state index contributed by atoms with van der Waals surface area (Å²) in [5.74, 6) is 6.32. The predicted octanol–water partition coefficient (Wildman–Crippen LogP) is 5.89. The number of rotatable bonds is 2. The molecular formula is C13H12Cl4. The van der Waals surface area contributed by atoms with Crippen LogP contribution in [0.4, 0.5) is 0 Å². The molecule has 0 fully saturated rings. The van der Waals surface area contributed by atoms with Gasteiger partial charge in [0.05, 0.1) is 20.1 Å². The van der Waals surface area contributed by atoms with Crippen LogP contribution in [0.1, 0.15) is 25.8 Å². The summed E-state index contributed by atoms with van der Waals surface area (Å²) < 4.78 is 0. The monoisotopic (exact) mass is 308 g/mol. The second-order valence-electron chi connectivity index (χ2n) is 3.73. The first kappa shape index (κ1) is 15.0. The first-order valence-electron chi connectivity index (χ1n) is 5.27. The molecule has 0 spiro atoms. The Kier molecular flexibility index (Phi) is 5.97. The van der Waals surface area contributed by atoms with E-state index in [9.17, 15) is 0 Å². The molecule has 1 unspecified atom stereocenters. The Bertz CT molecular complexity index is 442. The first-order valence-corrected chi connectivity index (χ1v) is 6.78. The van der Waals surface area contributed by atoms with E-state index in [1.165, 1.54) is 0 Å². The minimum absolute atomic E-state index is 0.166. The summed E-state index contributed by atoms with van der Waals surface area (Å²) in [4.78, 5) is 0. The van der Waals surface area contributed by atoms with E-state index in [0.717, 1.165) is 12.0 Å². The summed E-state index contributed by atoms with van der Waals surface area (Å²) in [5.41, 5.74) is 0.767. The molecule has 0 aliphatic carbocycles. The Labute approximate surface area is 122 Å². The van der Waals surface area contributed by atoms with Gasteiger partial charge in [-0.3, -0.25) is 0 Å². The van der Waals surface area contributed by atoms with Crippen molar-refractivity contribution in [2.24, 2.45) is 5.92 Å². The van der Waals surface area contributed by atoms with Crippen molar-refractivity contribution < 1.29 is 0 Å². The molecule has 0 radical (unpaired) electrons. The second kappa shape index (κ2) is 6.76. The van der Waals surface area contributed by atoms with Crippen LogP contribution in [-0.2, 0) is 6.42 Å². The molecule has 1 aromatic rings. The van der Waals surface area contributed by atoms with Crippen LogP contribution >= 0.6 is 46.4 Å². The molecule has 0 aliphatic heterocycles. The smallest absolute Gasteiger partial charge is 0.0640 e. The molecular weight excluding hydrogens is 298 g/mol. The van der Waals surface area contributed by atoms with E-state index < -0.39 is 0 Å². The molecule has 92 valence electrons. The Morgan fingerprint density at radius 2 is 1.65 bits per heavy atom. The molecule has 0 N–H and O–H groups in total. The van der Waals surface area contributed by atoms with Gasteiger partial charge in [-0.15, -0.1) is 5.92 Å². The molecule has 0 aliphatic rings. The largest absolute Gasteiger partial charge is 0.103 e. The number of hydrogen-bond acceptors (Lipinski definition) is 0. The fourth-order valence-corrected chi connectivity index (χ4v) is 2.44. The summed E-state index contributed by atoms with van der Waals surface area (Å²) in [6.45, 7) is 4.03. The molecule has 0 aromatic heterocycles. The Balaban J connectivity index is 3.06. The molecule has 0 bridgehead atoms. The average Bonchev–Trinajstić information content (AvgIpc) is 2.29. The van der Waals surface area contributed by atoms with Gasteiger partial charge >= 0.3 is 0 Å². The lowest BCUT2D eigenvalue weighted by Gasteiger charge is -2.11. The molecule has 1 rings (SSSR count). The summed E-state index contributed by atoms with van der Waals surface area (Å²) in [7, 11) is 0. The number of hydrogen-bond donors (Lipinski definition) is 0. The summed E-state index contributed by atoms with van der Waals surface area (Å²) in [6.07, 6.45) is 1.48. The normalized spacial score (nSPS) is 11.9. The zero-order valence-electron chi connectivity index (χ0n) is 9.58. The van der Waals surface area contributed by atoms with E-state index in [4.69, 9.17) is 46.4 Å². The van der Waals surface area contributed by atoms with Gasteiger partial charge in [0, 0.05) is 12.3 Å². The Morgan fingerprint density at radius 1 is 1.12 bits per heavy atom. The van der Waals surface area contributed by atoms with Gasteiger partial charge in [0.25, 0.3) is 0 Å². The van der Waals surface area contributed by atoms with Crippen molar-refractivity contribution in [3.8, 4) is 11.8 Å². The van der Waals surface area contributed by atoms with Gasteiger partial charge in [-0.05, 0) is 18.1 Å². The van der Waals surface area contributed by atoms with E-state index >= 15 is 0 Å². The lowest BCUT2D eigenvalue weighted by molar-refractivity contribution is 0.749. The zero-order chi connectivity index (χ0) is 13.0. The first-order chi connectivity index (χ1) is 7.97. The highest BCUT2D eigenvalue weighted by atomic mass is 35.5. The van der Waals surface area contributed by atoms with Crippen molar-refractivity contribution in [3.05, 3.63) is 31.7 Å². The molecule has 17 heavy (non-hydrogen) atoms. The maximum absolute atomic E-state index is 6.13. The molecule has 4 heteroatoms. The zero-order valence-corrected chi connectivity index (χ0v) is 12.6. The highest BCUT2D eigenvalue weighted by molar-refractivity contribution is 6.48. The van der Waals surface area contributed by atoms with Crippen molar-refractivity contribution in [2.45, 2.75) is 26.7 Å². The Morgan fingerprint density at radius 3 is 2.12 bits per heavy atom. The maximum atomic E-state index is 6.13. The summed E-state index contributed by atoms with van der Waals surface area (Å²) in [5, 5.41) is 1.77. The molecule has 0 nitrogen and oxygen atoms in total. The lowest BCUT2D eigenvalue weighted by atomic mass is 10.0. The lowest BCUT2D eigenvalue weighted by Crippen LogP contribution is -1.99. The van der Waals surface area contributed by atoms with Crippen LogP contribution in [0, 0.1) is 17.8 Å². The quantitative estimate of drug-likeness (QED) is 0.472. The number of benzene rings is 1. The van der Waals surface area contributed by atoms with Crippen molar-refractivity contribution in [2.75, 3.05) is 0 Å². The maximum Gasteiger partial charge on any atom is 0.0640 e. The third-order valence-electron chi connectivity index (χ3n) is 2.24. The van der Waals surface area contributed by atoms with Gasteiger partial charge in [-0.1, -0.05) is 66.2 Å². The predicted molar refractivity (Wildman–Crippen MR) is 77.4 cm³/mol. The van der Waals surface area contributed by atoms with E-state index in [0.29, 0.717) is 26.5 Å². The van der Waals surface area contributed by atoms with Gasteiger partial charge in [0.2, 0.25) is 0 Å². The topological polar surface area (TPSA) is 0 Å². The van der Waals surface area contributed by atoms with Gasteiger partial charge in [0.15, 0.2) is 0 Å². The van der Waals surface area contributed by atoms with Gasteiger partial charge in [-0.25, -0.2) is 0 Å². The summed E-state index contributed by atoms with van der Waals surface area (Å²) in [6, 6.07) is 1.56. The van der Waals surface area contributed by atoms with E-state index in [-0.39, 0.29) is 5.92 Å². The van der Waals surface area contributed by atoms with Gasteiger partial charge in [-0.2, -0.15) is 0 Å². The molecule has 1 atom stereocenters. The van der Waals surface area contributed by atoms with Crippen LogP contribution in [0.25, 0.3) is 0 Å². The van der Waals surface area contributed by atoms with E-state index in [1.54, 1.807) is 6.07 Å². The highest BCUT2D eigenvalue weighted by Gasteiger charge is 2.15. The fourth-order valence-electron chi connectivity index (χ4n) is 1.44. The van der Waals surface area contributed by atoms with E-state index in [2.05, 4.69) is 11.8 Å². The van der Waals surface area contributed by atoms with Crippen LogP contribution in [-0.4, -0.2) is 0 Å². The second-order valence-corrected chi connectivity index (χ2v) is 5.30.